The minimum atomic E-state index is -0.816. The molecule has 1 fully saturated rings. The van der Waals surface area contributed by atoms with Gasteiger partial charge in [-0.1, -0.05) is 13.3 Å². The standard InChI is InChI=1S/C15H30N2O2/c1-5-9-16-15(3,14(18)19)10-12(2)17(4)11-13-7-6-8-13/h12-13,16H,5-11H2,1-4H3,(H,18,19). The average Bonchev–Trinajstić information content (AvgIpc) is 2.30. The van der Waals surface area contributed by atoms with Gasteiger partial charge in [0.2, 0.25) is 0 Å². The van der Waals surface area contributed by atoms with E-state index in [1.165, 1.54) is 19.3 Å². The SMILES string of the molecule is CCCNC(C)(CC(C)N(C)CC1CCC1)C(=O)O. The number of carbonyl (C=O) groups is 1. The van der Waals surface area contributed by atoms with Crippen LogP contribution in [0.5, 0.6) is 0 Å². The molecule has 1 rings (SSSR count). The molecule has 112 valence electrons. The molecule has 0 heterocycles. The van der Waals surface area contributed by atoms with E-state index in [1.807, 2.05) is 0 Å². The second-order valence-electron chi connectivity index (χ2n) is 6.35. The third-order valence-corrected chi connectivity index (χ3v) is 4.46. The third kappa shape index (κ3) is 4.77. The monoisotopic (exact) mass is 270 g/mol. The lowest BCUT2D eigenvalue weighted by Crippen LogP contribution is -2.53. The molecule has 0 aromatic heterocycles. The maximum absolute atomic E-state index is 11.5. The molecule has 19 heavy (non-hydrogen) atoms. The fourth-order valence-electron chi connectivity index (χ4n) is 2.65. The molecule has 0 bridgehead atoms. The normalized spacial score (nSPS) is 20.9. The van der Waals surface area contributed by atoms with Crippen molar-refractivity contribution in [1.82, 2.24) is 10.2 Å². The lowest BCUT2D eigenvalue weighted by atomic mass is 9.84. The van der Waals surface area contributed by atoms with Crippen LogP contribution in [-0.2, 0) is 4.79 Å². The quantitative estimate of drug-likeness (QED) is 0.675. The first-order chi connectivity index (χ1) is 8.89. The highest BCUT2D eigenvalue weighted by Crippen LogP contribution is 2.28. The number of carboxylic acid groups (broad SMARTS) is 1. The van der Waals surface area contributed by atoms with Gasteiger partial charge in [0.1, 0.15) is 5.54 Å². The second-order valence-corrected chi connectivity index (χ2v) is 6.35. The topological polar surface area (TPSA) is 52.6 Å². The number of nitrogens with one attached hydrogen (secondary N) is 1. The number of carboxylic acids is 1. The Bertz CT molecular complexity index is 292. The van der Waals surface area contributed by atoms with Crippen molar-refractivity contribution in [3.63, 3.8) is 0 Å². The Balaban J connectivity index is 2.48. The lowest BCUT2D eigenvalue weighted by Gasteiger charge is -2.37. The summed E-state index contributed by atoms with van der Waals surface area (Å²) < 4.78 is 0. The van der Waals surface area contributed by atoms with Gasteiger partial charge in [-0.2, -0.15) is 0 Å². The molecule has 2 unspecified atom stereocenters. The van der Waals surface area contributed by atoms with Gasteiger partial charge in [0.25, 0.3) is 0 Å². The van der Waals surface area contributed by atoms with Crippen LogP contribution in [0.25, 0.3) is 0 Å². The van der Waals surface area contributed by atoms with Gasteiger partial charge in [-0.05, 0) is 59.0 Å². The van der Waals surface area contributed by atoms with Gasteiger partial charge < -0.3 is 15.3 Å². The van der Waals surface area contributed by atoms with Crippen molar-refractivity contribution in [3.05, 3.63) is 0 Å². The zero-order chi connectivity index (χ0) is 14.5. The van der Waals surface area contributed by atoms with Crippen LogP contribution < -0.4 is 5.32 Å². The van der Waals surface area contributed by atoms with Gasteiger partial charge in [0.05, 0.1) is 0 Å². The van der Waals surface area contributed by atoms with Crippen LogP contribution >= 0.6 is 0 Å². The number of aliphatic carboxylic acids is 1. The van der Waals surface area contributed by atoms with Crippen molar-refractivity contribution in [2.24, 2.45) is 5.92 Å². The highest BCUT2D eigenvalue weighted by atomic mass is 16.4. The van der Waals surface area contributed by atoms with Crippen molar-refractivity contribution in [2.75, 3.05) is 20.1 Å². The van der Waals surface area contributed by atoms with Crippen molar-refractivity contribution in [1.29, 1.82) is 0 Å². The van der Waals surface area contributed by atoms with E-state index in [0.29, 0.717) is 6.42 Å². The minimum Gasteiger partial charge on any atom is -0.480 e. The Morgan fingerprint density at radius 2 is 2.16 bits per heavy atom. The Morgan fingerprint density at radius 3 is 2.58 bits per heavy atom. The molecule has 4 nitrogen and oxygen atoms in total. The van der Waals surface area contributed by atoms with Crippen LogP contribution in [0.1, 0.15) is 52.9 Å². The maximum Gasteiger partial charge on any atom is 0.323 e. The second kappa shape index (κ2) is 7.25. The van der Waals surface area contributed by atoms with E-state index in [1.54, 1.807) is 6.92 Å². The maximum atomic E-state index is 11.5. The number of rotatable bonds is 9. The van der Waals surface area contributed by atoms with Crippen LogP contribution in [-0.4, -0.2) is 47.7 Å². The van der Waals surface area contributed by atoms with E-state index in [9.17, 15) is 9.90 Å². The number of hydrogen-bond acceptors (Lipinski definition) is 3. The largest absolute Gasteiger partial charge is 0.480 e. The van der Waals surface area contributed by atoms with Crippen LogP contribution in [0.3, 0.4) is 0 Å². The zero-order valence-electron chi connectivity index (χ0n) is 12.9. The van der Waals surface area contributed by atoms with E-state index in [-0.39, 0.29) is 6.04 Å². The first kappa shape index (κ1) is 16.4. The van der Waals surface area contributed by atoms with Gasteiger partial charge in [0.15, 0.2) is 0 Å². The molecule has 1 saturated carbocycles. The Kier molecular flexibility index (Phi) is 6.27. The summed E-state index contributed by atoms with van der Waals surface area (Å²) in [7, 11) is 2.12. The number of nitrogens with zero attached hydrogens (tertiary/aromatic N) is 1. The molecule has 4 heteroatoms. The van der Waals surface area contributed by atoms with Crippen molar-refractivity contribution >= 4 is 5.97 Å². The molecule has 0 aromatic carbocycles. The highest BCUT2D eigenvalue weighted by molar-refractivity contribution is 5.78. The fraction of sp³-hybridized carbons (Fsp3) is 0.933. The van der Waals surface area contributed by atoms with Crippen LogP contribution in [0.2, 0.25) is 0 Å². The third-order valence-electron chi connectivity index (χ3n) is 4.46. The molecule has 2 N–H and O–H groups in total. The minimum absolute atomic E-state index is 0.283. The van der Waals surface area contributed by atoms with Gasteiger partial charge in [0, 0.05) is 12.6 Å². The zero-order valence-corrected chi connectivity index (χ0v) is 12.9. The van der Waals surface area contributed by atoms with E-state index >= 15 is 0 Å². The Hall–Kier alpha value is -0.610. The molecule has 0 aliphatic heterocycles. The Morgan fingerprint density at radius 1 is 1.53 bits per heavy atom. The summed E-state index contributed by atoms with van der Waals surface area (Å²) in [6.07, 6.45) is 5.63. The Labute approximate surface area is 117 Å². The van der Waals surface area contributed by atoms with Crippen molar-refractivity contribution in [2.45, 2.75) is 64.5 Å². The van der Waals surface area contributed by atoms with E-state index < -0.39 is 11.5 Å². The summed E-state index contributed by atoms with van der Waals surface area (Å²) in [5.41, 5.74) is -0.816. The summed E-state index contributed by atoms with van der Waals surface area (Å²) in [6, 6.07) is 0.283. The molecule has 0 spiro atoms. The van der Waals surface area contributed by atoms with Crippen molar-refractivity contribution in [3.8, 4) is 0 Å². The van der Waals surface area contributed by atoms with Crippen LogP contribution in [0.4, 0.5) is 0 Å². The molecular weight excluding hydrogens is 240 g/mol. The number of hydrogen-bond donors (Lipinski definition) is 2. The van der Waals surface area contributed by atoms with Gasteiger partial charge in [-0.15, -0.1) is 0 Å². The van der Waals surface area contributed by atoms with Gasteiger partial charge in [-0.25, -0.2) is 0 Å². The first-order valence-corrected chi connectivity index (χ1v) is 7.57. The molecule has 0 amide bonds. The summed E-state index contributed by atoms with van der Waals surface area (Å²) in [4.78, 5) is 13.8. The predicted molar refractivity (Wildman–Crippen MR) is 78.4 cm³/mol. The smallest absolute Gasteiger partial charge is 0.323 e. The fourth-order valence-corrected chi connectivity index (χ4v) is 2.65. The summed E-state index contributed by atoms with van der Waals surface area (Å²) in [5, 5.41) is 12.6. The summed E-state index contributed by atoms with van der Waals surface area (Å²) in [6.45, 7) is 7.85. The molecule has 1 aliphatic rings. The predicted octanol–water partition coefficient (Wildman–Crippen LogP) is 2.34. The van der Waals surface area contributed by atoms with E-state index in [0.717, 1.165) is 25.4 Å². The lowest BCUT2D eigenvalue weighted by molar-refractivity contribution is -0.145. The molecule has 0 aromatic rings. The molecule has 0 radical (unpaired) electrons. The summed E-state index contributed by atoms with van der Waals surface area (Å²) in [5.74, 6) is 0.0805. The van der Waals surface area contributed by atoms with Crippen molar-refractivity contribution < 1.29 is 9.90 Å². The molecular formula is C15H30N2O2. The van der Waals surface area contributed by atoms with E-state index in [4.69, 9.17) is 0 Å². The van der Waals surface area contributed by atoms with Gasteiger partial charge in [-0.3, -0.25) is 4.79 Å². The van der Waals surface area contributed by atoms with Crippen LogP contribution in [0.15, 0.2) is 0 Å². The van der Waals surface area contributed by atoms with E-state index in [2.05, 4.69) is 31.1 Å². The molecule has 2 atom stereocenters. The van der Waals surface area contributed by atoms with Gasteiger partial charge >= 0.3 is 5.97 Å². The first-order valence-electron chi connectivity index (χ1n) is 7.57. The average molecular weight is 270 g/mol. The highest BCUT2D eigenvalue weighted by Gasteiger charge is 2.35. The molecule has 1 aliphatic carbocycles. The van der Waals surface area contributed by atoms with Crippen LogP contribution in [0, 0.1) is 5.92 Å². The summed E-state index contributed by atoms with van der Waals surface area (Å²) >= 11 is 0. The molecule has 0 saturated heterocycles.